The van der Waals surface area contributed by atoms with E-state index in [1.165, 1.54) is 193 Å². The summed E-state index contributed by atoms with van der Waals surface area (Å²) < 4.78 is 68.5. The Balaban J connectivity index is 5.24. The Morgan fingerprint density at radius 3 is 0.800 bits per heavy atom. The van der Waals surface area contributed by atoms with Crippen molar-refractivity contribution in [2.45, 2.75) is 407 Å². The van der Waals surface area contributed by atoms with Crippen molar-refractivity contribution < 1.29 is 80.2 Å². The zero-order valence-corrected chi connectivity index (χ0v) is 63.9. The largest absolute Gasteiger partial charge is 0.472 e. The third-order valence-electron chi connectivity index (χ3n) is 18.0. The van der Waals surface area contributed by atoms with Crippen LogP contribution in [0.2, 0.25) is 0 Å². The molecule has 3 unspecified atom stereocenters. The van der Waals surface area contributed by atoms with E-state index in [4.69, 9.17) is 37.0 Å². The van der Waals surface area contributed by atoms with Crippen LogP contribution in [0, 0.1) is 17.8 Å². The van der Waals surface area contributed by atoms with Crippen LogP contribution in [0.25, 0.3) is 0 Å². The molecule has 0 saturated carbocycles. The number of esters is 4. The minimum absolute atomic E-state index is 0.104. The summed E-state index contributed by atoms with van der Waals surface area (Å²) in [5.74, 6) is 0.125. The fraction of sp³-hybridized carbons (Fsp3) is 0.947. The highest BCUT2D eigenvalue weighted by Crippen LogP contribution is 2.45. The highest BCUT2D eigenvalue weighted by Gasteiger charge is 2.30. The van der Waals surface area contributed by atoms with E-state index in [9.17, 15) is 43.2 Å². The number of carbonyl (C=O) groups excluding carboxylic acids is 4. The van der Waals surface area contributed by atoms with Crippen LogP contribution in [-0.2, 0) is 65.4 Å². The second kappa shape index (κ2) is 66.6. The van der Waals surface area contributed by atoms with Gasteiger partial charge in [-0.1, -0.05) is 337 Å². The number of ether oxygens (including phenoxy) is 4. The van der Waals surface area contributed by atoms with Gasteiger partial charge in [-0.15, -0.1) is 0 Å². The first-order valence-electron chi connectivity index (χ1n) is 39.4. The van der Waals surface area contributed by atoms with Crippen molar-refractivity contribution in [2.24, 2.45) is 17.8 Å². The molecule has 0 aromatic carbocycles. The molecule has 564 valence electrons. The minimum Gasteiger partial charge on any atom is -0.462 e. The molecule has 0 aliphatic rings. The maximum Gasteiger partial charge on any atom is 0.472 e. The second-order valence-corrected chi connectivity index (χ2v) is 31.5. The summed E-state index contributed by atoms with van der Waals surface area (Å²) in [5, 5.41) is 10.6. The zero-order chi connectivity index (χ0) is 70.1. The summed E-state index contributed by atoms with van der Waals surface area (Å²) in [6.07, 6.45) is 52.8. The van der Waals surface area contributed by atoms with Gasteiger partial charge in [-0.3, -0.25) is 37.3 Å². The average Bonchev–Trinajstić information content (AvgIpc) is 2.62. The van der Waals surface area contributed by atoms with Crippen LogP contribution >= 0.6 is 15.6 Å². The lowest BCUT2D eigenvalue weighted by Gasteiger charge is -2.21. The van der Waals surface area contributed by atoms with Crippen molar-refractivity contribution in [1.82, 2.24) is 0 Å². The fourth-order valence-electron chi connectivity index (χ4n) is 11.6. The van der Waals surface area contributed by atoms with Crippen LogP contribution in [0.4, 0.5) is 0 Å². The van der Waals surface area contributed by atoms with Gasteiger partial charge in [0.15, 0.2) is 12.2 Å². The number of aliphatic hydroxyl groups excluding tert-OH is 1. The van der Waals surface area contributed by atoms with Gasteiger partial charge in [-0.05, 0) is 43.4 Å². The van der Waals surface area contributed by atoms with E-state index < -0.39 is 97.5 Å². The van der Waals surface area contributed by atoms with Crippen molar-refractivity contribution in [3.63, 3.8) is 0 Å². The number of unbranched alkanes of at least 4 members (excludes halogenated alkanes) is 41. The lowest BCUT2D eigenvalue weighted by Crippen LogP contribution is -2.30. The highest BCUT2D eigenvalue weighted by molar-refractivity contribution is 7.47. The predicted molar refractivity (Wildman–Crippen MR) is 386 cm³/mol. The third-order valence-corrected chi connectivity index (χ3v) is 19.9. The zero-order valence-electron chi connectivity index (χ0n) is 62.1. The molecule has 0 aliphatic heterocycles. The minimum atomic E-state index is -4.96. The van der Waals surface area contributed by atoms with Crippen molar-refractivity contribution in [3.05, 3.63) is 0 Å². The lowest BCUT2D eigenvalue weighted by atomic mass is 9.99. The molecule has 0 radical (unpaired) electrons. The first-order chi connectivity index (χ1) is 45.8. The molecule has 0 heterocycles. The van der Waals surface area contributed by atoms with E-state index >= 15 is 0 Å². The fourth-order valence-corrected chi connectivity index (χ4v) is 13.1. The summed E-state index contributed by atoms with van der Waals surface area (Å²) in [6.45, 7) is 11.8. The van der Waals surface area contributed by atoms with Crippen LogP contribution in [-0.4, -0.2) is 96.7 Å². The molecule has 17 nitrogen and oxygen atoms in total. The van der Waals surface area contributed by atoms with E-state index in [1.807, 2.05) is 0 Å². The number of hydrogen-bond acceptors (Lipinski definition) is 15. The molecular weight excluding hydrogens is 1250 g/mol. The average molecular weight is 1400 g/mol. The van der Waals surface area contributed by atoms with Gasteiger partial charge in [-0.25, -0.2) is 9.13 Å². The summed E-state index contributed by atoms with van der Waals surface area (Å²) >= 11 is 0. The standard InChI is InChI=1S/C76H148O17P2/c1-8-10-11-12-13-14-15-16-17-18-19-20-21-22-25-29-37-45-52-59-75(80)92-71(63-86-73(78)57-50-43-36-28-26-23-24-27-33-40-47-54-67(3)4)65-90-94(82,83)88-61-70(77)62-89-95(84,85)91-66-72(64-87-74(79)58-51-44-39-32-34-41-48-55-68(5)6)93-76(81)60-53-46-38-31-30-35-42-49-56-69(7)9-2/h67-72,77H,8-66H2,1-7H3,(H,82,83)(H,84,85)/t69?,70-,71-,72-/m1/s1. The number of aliphatic hydroxyl groups is 1. The monoisotopic (exact) mass is 1400 g/mol. The Morgan fingerprint density at radius 1 is 0.305 bits per heavy atom. The number of phosphoric acid groups is 2. The number of rotatable bonds is 74. The van der Waals surface area contributed by atoms with Gasteiger partial charge in [0.25, 0.3) is 0 Å². The molecule has 0 spiro atoms. The Morgan fingerprint density at radius 2 is 0.537 bits per heavy atom. The highest BCUT2D eigenvalue weighted by atomic mass is 31.2. The van der Waals surface area contributed by atoms with Crippen molar-refractivity contribution in [2.75, 3.05) is 39.6 Å². The summed E-state index contributed by atoms with van der Waals surface area (Å²) in [6, 6.07) is 0. The number of carbonyl (C=O) groups is 4. The molecule has 95 heavy (non-hydrogen) atoms. The first-order valence-corrected chi connectivity index (χ1v) is 42.4. The number of phosphoric ester groups is 2. The molecule has 0 bridgehead atoms. The molecule has 6 atom stereocenters. The van der Waals surface area contributed by atoms with Crippen LogP contribution < -0.4 is 0 Å². The summed E-state index contributed by atoms with van der Waals surface area (Å²) in [4.78, 5) is 72.8. The third kappa shape index (κ3) is 69.0. The predicted octanol–water partition coefficient (Wildman–Crippen LogP) is 22.2. The van der Waals surface area contributed by atoms with E-state index in [2.05, 4.69) is 48.5 Å². The van der Waals surface area contributed by atoms with Crippen LogP contribution in [0.5, 0.6) is 0 Å². The topological polar surface area (TPSA) is 237 Å². The molecule has 0 aliphatic carbocycles. The Labute approximate surface area is 581 Å². The van der Waals surface area contributed by atoms with Gasteiger partial charge in [0.1, 0.15) is 19.3 Å². The van der Waals surface area contributed by atoms with Gasteiger partial charge >= 0.3 is 39.5 Å². The first kappa shape index (κ1) is 93.1. The molecule has 0 aromatic rings. The summed E-state index contributed by atoms with van der Waals surface area (Å²) in [5.41, 5.74) is 0. The number of hydrogen-bond donors (Lipinski definition) is 3. The quantitative estimate of drug-likeness (QED) is 0.0222. The van der Waals surface area contributed by atoms with Crippen molar-refractivity contribution in [3.8, 4) is 0 Å². The molecule has 0 rings (SSSR count). The Kier molecular flexibility index (Phi) is 65.2. The molecular formula is C76H148O17P2. The van der Waals surface area contributed by atoms with Gasteiger partial charge in [0.05, 0.1) is 26.4 Å². The van der Waals surface area contributed by atoms with Gasteiger partial charge in [0, 0.05) is 25.7 Å². The van der Waals surface area contributed by atoms with Crippen LogP contribution in [0.1, 0.15) is 389 Å². The molecule has 0 saturated heterocycles. The maximum absolute atomic E-state index is 13.1. The normalized spacial score (nSPS) is 14.4. The van der Waals surface area contributed by atoms with Gasteiger partial charge in [-0.2, -0.15) is 0 Å². The second-order valence-electron chi connectivity index (χ2n) is 28.6. The molecule has 0 fully saturated rings. The molecule has 0 aromatic heterocycles. The molecule has 0 amide bonds. The van der Waals surface area contributed by atoms with E-state index in [0.717, 1.165) is 108 Å². The van der Waals surface area contributed by atoms with Gasteiger partial charge in [0.2, 0.25) is 0 Å². The van der Waals surface area contributed by atoms with Crippen molar-refractivity contribution in [1.29, 1.82) is 0 Å². The van der Waals surface area contributed by atoms with E-state index in [1.54, 1.807) is 0 Å². The van der Waals surface area contributed by atoms with Gasteiger partial charge < -0.3 is 33.8 Å². The lowest BCUT2D eigenvalue weighted by molar-refractivity contribution is -0.161. The maximum atomic E-state index is 13.1. The Bertz CT molecular complexity index is 1850. The van der Waals surface area contributed by atoms with E-state index in [-0.39, 0.29) is 25.7 Å². The van der Waals surface area contributed by atoms with Crippen LogP contribution in [0.3, 0.4) is 0 Å². The van der Waals surface area contributed by atoms with Crippen LogP contribution in [0.15, 0.2) is 0 Å². The Hall–Kier alpha value is -1.94. The SMILES string of the molecule is CCCCCCCCCCCCCCCCCCCCCC(=O)O[C@H](COC(=O)CCCCCCCCCCCCCC(C)C)COP(=O)(O)OC[C@@H](O)COP(=O)(O)OC[C@@H](COC(=O)CCCCCCCCCC(C)C)OC(=O)CCCCCCCCCCC(C)CC. The molecule has 3 N–H and O–H groups in total. The summed E-state index contributed by atoms with van der Waals surface area (Å²) in [7, 11) is -9.91. The van der Waals surface area contributed by atoms with E-state index in [0.29, 0.717) is 31.6 Å². The smallest absolute Gasteiger partial charge is 0.462 e. The van der Waals surface area contributed by atoms with Crippen molar-refractivity contribution >= 4 is 39.5 Å². The molecule has 19 heteroatoms.